The fraction of sp³-hybridized carbons (Fsp3) is 0.917. The van der Waals surface area contributed by atoms with Crippen molar-refractivity contribution in [1.82, 2.24) is 15.1 Å². The van der Waals surface area contributed by atoms with E-state index in [1.165, 1.54) is 0 Å². The summed E-state index contributed by atoms with van der Waals surface area (Å²) in [5.74, 6) is 0.621. The number of nitrogens with zero attached hydrogens (tertiary/aromatic N) is 2. The summed E-state index contributed by atoms with van der Waals surface area (Å²) >= 11 is 0. The molecule has 0 radical (unpaired) electrons. The van der Waals surface area contributed by atoms with Gasteiger partial charge in [0.1, 0.15) is 0 Å². The van der Waals surface area contributed by atoms with Crippen molar-refractivity contribution < 1.29 is 13.2 Å². The molecule has 0 spiro atoms. The van der Waals surface area contributed by atoms with Gasteiger partial charge in [0.15, 0.2) is 9.84 Å². The second-order valence-electron chi connectivity index (χ2n) is 5.38. The van der Waals surface area contributed by atoms with Crippen LogP contribution in [-0.2, 0) is 14.6 Å². The van der Waals surface area contributed by atoms with Crippen LogP contribution >= 0.6 is 0 Å². The van der Waals surface area contributed by atoms with Crippen molar-refractivity contribution in [1.29, 1.82) is 0 Å². The summed E-state index contributed by atoms with van der Waals surface area (Å²) < 4.78 is 23.0. The second-order valence-corrected chi connectivity index (χ2v) is 7.61. The van der Waals surface area contributed by atoms with E-state index in [0.717, 1.165) is 26.2 Å². The highest BCUT2D eigenvalue weighted by molar-refractivity contribution is 7.91. The monoisotopic (exact) mass is 289 g/mol. The molecular weight excluding hydrogens is 266 g/mol. The molecule has 0 aromatic carbocycles. The van der Waals surface area contributed by atoms with Crippen molar-refractivity contribution in [3.8, 4) is 0 Å². The number of piperazine rings is 1. The molecule has 6 nitrogen and oxygen atoms in total. The number of amides is 1. The minimum atomic E-state index is -2.87. The van der Waals surface area contributed by atoms with Crippen LogP contribution in [0.1, 0.15) is 13.3 Å². The third-order valence-electron chi connectivity index (χ3n) is 3.89. The minimum Gasteiger partial charge on any atom is -0.340 e. The highest BCUT2D eigenvalue weighted by Crippen LogP contribution is 2.12. The van der Waals surface area contributed by atoms with E-state index in [0.29, 0.717) is 19.5 Å². The average Bonchev–Trinajstić information content (AvgIpc) is 2.37. The Morgan fingerprint density at radius 2 is 1.95 bits per heavy atom. The van der Waals surface area contributed by atoms with Crippen molar-refractivity contribution in [2.24, 2.45) is 0 Å². The predicted octanol–water partition coefficient (Wildman–Crippen LogP) is -1.07. The molecule has 0 aromatic heterocycles. The van der Waals surface area contributed by atoms with Gasteiger partial charge in [-0.15, -0.1) is 0 Å². The van der Waals surface area contributed by atoms with E-state index in [9.17, 15) is 13.2 Å². The van der Waals surface area contributed by atoms with Crippen molar-refractivity contribution in [3.63, 3.8) is 0 Å². The van der Waals surface area contributed by atoms with Gasteiger partial charge >= 0.3 is 0 Å². The quantitative estimate of drug-likeness (QED) is 0.716. The molecule has 0 aliphatic carbocycles. The molecule has 2 saturated heterocycles. The van der Waals surface area contributed by atoms with Crippen molar-refractivity contribution in [3.05, 3.63) is 0 Å². The molecule has 0 saturated carbocycles. The van der Waals surface area contributed by atoms with Crippen molar-refractivity contribution >= 4 is 15.7 Å². The van der Waals surface area contributed by atoms with E-state index in [2.05, 4.69) is 10.2 Å². The summed E-state index contributed by atoms with van der Waals surface area (Å²) in [6.07, 6.45) is 0.490. The molecule has 0 aromatic rings. The molecule has 2 aliphatic heterocycles. The summed E-state index contributed by atoms with van der Waals surface area (Å²) in [6, 6.07) is 0.0228. The Morgan fingerprint density at radius 1 is 1.26 bits per heavy atom. The minimum absolute atomic E-state index is 0.0228. The van der Waals surface area contributed by atoms with E-state index < -0.39 is 9.84 Å². The van der Waals surface area contributed by atoms with Gasteiger partial charge in [-0.25, -0.2) is 8.42 Å². The maximum absolute atomic E-state index is 12.0. The lowest BCUT2D eigenvalue weighted by Gasteiger charge is -2.34. The van der Waals surface area contributed by atoms with Crippen LogP contribution in [0.25, 0.3) is 0 Å². The molecule has 1 N–H and O–H groups in total. The molecule has 1 unspecified atom stereocenters. The summed E-state index contributed by atoms with van der Waals surface area (Å²) in [5, 5.41) is 3.22. The Kier molecular flexibility index (Phi) is 4.81. The molecule has 2 rings (SSSR count). The molecule has 110 valence electrons. The van der Waals surface area contributed by atoms with Gasteiger partial charge in [-0.2, -0.15) is 0 Å². The Morgan fingerprint density at radius 3 is 2.58 bits per heavy atom. The first-order chi connectivity index (χ1) is 8.98. The normalized spacial score (nSPS) is 28.3. The standard InChI is InChI=1S/C12H23N3O3S/c1-11-10-19(17,18)9-8-14(11)5-2-12(16)15-6-3-13-4-7-15/h11,13H,2-10H2,1H3. The summed E-state index contributed by atoms with van der Waals surface area (Å²) in [6.45, 7) is 6.43. The summed E-state index contributed by atoms with van der Waals surface area (Å²) in [5.41, 5.74) is 0. The zero-order chi connectivity index (χ0) is 13.9. The number of hydrogen-bond acceptors (Lipinski definition) is 5. The molecule has 2 aliphatic rings. The largest absolute Gasteiger partial charge is 0.340 e. The first-order valence-electron chi connectivity index (χ1n) is 6.91. The third kappa shape index (κ3) is 4.15. The first-order valence-corrected chi connectivity index (χ1v) is 8.73. The topological polar surface area (TPSA) is 69.7 Å². The van der Waals surface area contributed by atoms with Gasteiger partial charge in [-0.05, 0) is 6.92 Å². The van der Waals surface area contributed by atoms with Gasteiger partial charge in [0.25, 0.3) is 0 Å². The zero-order valence-corrected chi connectivity index (χ0v) is 12.3. The second kappa shape index (κ2) is 6.19. The number of carbonyl (C=O) groups is 1. The van der Waals surface area contributed by atoms with Gasteiger partial charge in [-0.3, -0.25) is 9.69 Å². The number of sulfone groups is 1. The summed E-state index contributed by atoms with van der Waals surface area (Å²) in [4.78, 5) is 16.0. The molecule has 1 atom stereocenters. The van der Waals surface area contributed by atoms with Crippen LogP contribution < -0.4 is 5.32 Å². The molecular formula is C12H23N3O3S. The zero-order valence-electron chi connectivity index (χ0n) is 11.5. The number of rotatable bonds is 3. The van der Waals surface area contributed by atoms with Crippen LogP contribution in [0.15, 0.2) is 0 Å². The lowest BCUT2D eigenvalue weighted by Crippen LogP contribution is -2.50. The molecule has 0 bridgehead atoms. The number of nitrogens with one attached hydrogen (secondary N) is 1. The molecule has 7 heteroatoms. The van der Waals surface area contributed by atoms with Crippen molar-refractivity contribution in [2.75, 3.05) is 50.8 Å². The fourth-order valence-corrected chi connectivity index (χ4v) is 4.30. The maximum atomic E-state index is 12.0. The molecule has 1 amide bonds. The van der Waals surface area contributed by atoms with Crippen LogP contribution in [0.4, 0.5) is 0 Å². The van der Waals surface area contributed by atoms with Crippen LogP contribution in [0.2, 0.25) is 0 Å². The average molecular weight is 289 g/mol. The highest BCUT2D eigenvalue weighted by Gasteiger charge is 2.28. The van der Waals surface area contributed by atoms with Crippen molar-refractivity contribution in [2.45, 2.75) is 19.4 Å². The molecule has 2 fully saturated rings. The Hall–Kier alpha value is -0.660. The third-order valence-corrected chi connectivity index (χ3v) is 5.69. The van der Waals surface area contributed by atoms with Gasteiger partial charge in [0.05, 0.1) is 11.5 Å². The number of hydrogen-bond donors (Lipinski definition) is 1. The van der Waals surface area contributed by atoms with Gasteiger partial charge in [-0.1, -0.05) is 0 Å². The van der Waals surface area contributed by atoms with E-state index in [-0.39, 0.29) is 23.5 Å². The lowest BCUT2D eigenvalue weighted by atomic mass is 10.2. The fourth-order valence-electron chi connectivity index (χ4n) is 2.68. The maximum Gasteiger partial charge on any atom is 0.223 e. The Labute approximate surface area is 115 Å². The van der Waals surface area contributed by atoms with Crippen LogP contribution in [0, 0.1) is 0 Å². The van der Waals surface area contributed by atoms with Crippen LogP contribution in [0.3, 0.4) is 0 Å². The summed E-state index contributed by atoms with van der Waals surface area (Å²) in [7, 11) is -2.87. The number of carbonyl (C=O) groups excluding carboxylic acids is 1. The molecule has 2 heterocycles. The van der Waals surface area contributed by atoms with Crippen LogP contribution in [0.5, 0.6) is 0 Å². The van der Waals surface area contributed by atoms with Gasteiger partial charge in [0, 0.05) is 51.7 Å². The highest BCUT2D eigenvalue weighted by atomic mass is 32.2. The van der Waals surface area contributed by atoms with E-state index in [4.69, 9.17) is 0 Å². The van der Waals surface area contributed by atoms with E-state index >= 15 is 0 Å². The first kappa shape index (κ1) is 14.7. The van der Waals surface area contributed by atoms with E-state index in [1.54, 1.807) is 0 Å². The smallest absolute Gasteiger partial charge is 0.223 e. The van der Waals surface area contributed by atoms with E-state index in [1.807, 2.05) is 11.8 Å². The lowest BCUT2D eigenvalue weighted by molar-refractivity contribution is -0.132. The van der Waals surface area contributed by atoms with Crippen LogP contribution in [-0.4, -0.2) is 80.9 Å². The predicted molar refractivity (Wildman–Crippen MR) is 73.8 cm³/mol. The van der Waals surface area contributed by atoms with Gasteiger partial charge < -0.3 is 10.2 Å². The SMILES string of the molecule is CC1CS(=O)(=O)CCN1CCC(=O)N1CCNCC1. The van der Waals surface area contributed by atoms with Gasteiger partial charge in [0.2, 0.25) is 5.91 Å². The molecule has 19 heavy (non-hydrogen) atoms. The Bertz CT molecular complexity index is 418. The Balaban J connectivity index is 1.77.